The Kier molecular flexibility index (Phi) is 6.60. The standard InChI is InChI=1S/C23H24ClFN4O3/c1-13(30)28-14-6-8-15(9-7-14)32-21-10-16-19(11-20(21)31-2)26-12-27-23(16)29-18-5-3-4-17(24)22(18)25/h3-5,10-12,14-15H,6-9H2,1-2H3,(H,28,30)(H,26,27,29)/t14-,15-. The third-order valence-corrected chi connectivity index (χ3v) is 5.79. The van der Waals surface area contributed by atoms with Gasteiger partial charge in [0.2, 0.25) is 5.91 Å². The minimum atomic E-state index is -0.554. The highest BCUT2D eigenvalue weighted by Crippen LogP contribution is 2.37. The number of fused-ring (bicyclic) bond motifs is 1. The summed E-state index contributed by atoms with van der Waals surface area (Å²) in [5.74, 6) is 0.981. The summed E-state index contributed by atoms with van der Waals surface area (Å²) in [5.41, 5.74) is 0.843. The van der Waals surface area contributed by atoms with Gasteiger partial charge < -0.3 is 20.1 Å². The SMILES string of the molecule is COc1cc2ncnc(Nc3cccc(Cl)c3F)c2cc1O[C@H]1CC[C@H](NC(C)=O)CC1. The van der Waals surface area contributed by atoms with E-state index in [1.807, 2.05) is 0 Å². The van der Waals surface area contributed by atoms with Crippen LogP contribution in [0.5, 0.6) is 11.5 Å². The molecule has 0 atom stereocenters. The maximum atomic E-state index is 14.4. The van der Waals surface area contributed by atoms with Gasteiger partial charge in [-0.2, -0.15) is 0 Å². The smallest absolute Gasteiger partial charge is 0.217 e. The number of rotatable bonds is 6. The number of nitrogens with one attached hydrogen (secondary N) is 2. The molecule has 0 aliphatic heterocycles. The average Bonchev–Trinajstić information content (AvgIpc) is 2.78. The summed E-state index contributed by atoms with van der Waals surface area (Å²) in [5, 5.41) is 6.65. The van der Waals surface area contributed by atoms with E-state index in [9.17, 15) is 9.18 Å². The van der Waals surface area contributed by atoms with Crippen LogP contribution in [0.25, 0.3) is 10.9 Å². The Morgan fingerprint density at radius 3 is 2.66 bits per heavy atom. The van der Waals surface area contributed by atoms with E-state index in [1.165, 1.54) is 19.3 Å². The number of carbonyl (C=O) groups excluding carboxylic acids is 1. The number of hydrogen-bond donors (Lipinski definition) is 2. The second-order valence-electron chi connectivity index (χ2n) is 7.76. The Balaban J connectivity index is 1.60. The summed E-state index contributed by atoms with van der Waals surface area (Å²) in [7, 11) is 1.57. The van der Waals surface area contributed by atoms with Crippen molar-refractivity contribution >= 4 is 39.9 Å². The molecule has 2 N–H and O–H groups in total. The van der Waals surface area contributed by atoms with Crippen LogP contribution in [0, 0.1) is 5.82 Å². The first kappa shape index (κ1) is 22.1. The van der Waals surface area contributed by atoms with Gasteiger partial charge in [0.05, 0.1) is 29.4 Å². The molecule has 1 amide bonds. The number of ether oxygens (including phenoxy) is 2. The second-order valence-corrected chi connectivity index (χ2v) is 8.17. The van der Waals surface area contributed by atoms with Crippen LogP contribution in [0.15, 0.2) is 36.7 Å². The van der Waals surface area contributed by atoms with Crippen molar-refractivity contribution in [3.8, 4) is 11.5 Å². The molecule has 0 radical (unpaired) electrons. The van der Waals surface area contributed by atoms with Crippen molar-refractivity contribution in [3.05, 3.63) is 47.5 Å². The summed E-state index contributed by atoms with van der Waals surface area (Å²) in [6.07, 6.45) is 4.73. The van der Waals surface area contributed by atoms with Crippen molar-refractivity contribution in [1.82, 2.24) is 15.3 Å². The average molecular weight is 459 g/mol. The van der Waals surface area contributed by atoms with Crippen molar-refractivity contribution in [2.24, 2.45) is 0 Å². The number of aromatic nitrogens is 2. The summed E-state index contributed by atoms with van der Waals surface area (Å²) in [6.45, 7) is 1.53. The molecule has 1 aliphatic carbocycles. The number of nitrogens with zero attached hydrogens (tertiary/aromatic N) is 2. The molecule has 9 heteroatoms. The van der Waals surface area contributed by atoms with E-state index in [-0.39, 0.29) is 28.8 Å². The van der Waals surface area contributed by atoms with Gasteiger partial charge in [-0.05, 0) is 43.9 Å². The number of hydrogen-bond acceptors (Lipinski definition) is 6. The topological polar surface area (TPSA) is 85.4 Å². The Morgan fingerprint density at radius 2 is 1.94 bits per heavy atom. The molecule has 1 aromatic heterocycles. The lowest BCUT2D eigenvalue weighted by molar-refractivity contribution is -0.120. The Labute approximate surface area is 190 Å². The number of amides is 1. The summed E-state index contributed by atoms with van der Waals surface area (Å²) < 4.78 is 26.2. The quantitative estimate of drug-likeness (QED) is 0.540. The van der Waals surface area contributed by atoms with E-state index in [0.29, 0.717) is 28.2 Å². The molecule has 0 bridgehead atoms. The lowest BCUT2D eigenvalue weighted by Gasteiger charge is -2.29. The summed E-state index contributed by atoms with van der Waals surface area (Å²) >= 11 is 5.90. The van der Waals surface area contributed by atoms with Gasteiger partial charge >= 0.3 is 0 Å². The molecular formula is C23H24ClFN4O3. The zero-order valence-electron chi connectivity index (χ0n) is 17.8. The zero-order chi connectivity index (χ0) is 22.7. The number of anilines is 2. The maximum Gasteiger partial charge on any atom is 0.217 e. The molecule has 7 nitrogen and oxygen atoms in total. The van der Waals surface area contributed by atoms with Crippen LogP contribution < -0.4 is 20.1 Å². The summed E-state index contributed by atoms with van der Waals surface area (Å²) in [6, 6.07) is 8.49. The number of methoxy groups -OCH3 is 1. The van der Waals surface area contributed by atoms with E-state index >= 15 is 0 Å². The second kappa shape index (κ2) is 9.56. The minimum absolute atomic E-state index is 0.00206. The van der Waals surface area contributed by atoms with E-state index in [4.69, 9.17) is 21.1 Å². The van der Waals surface area contributed by atoms with Gasteiger partial charge in [-0.3, -0.25) is 4.79 Å². The molecule has 1 fully saturated rings. The molecule has 0 saturated heterocycles. The molecular weight excluding hydrogens is 435 g/mol. The molecule has 1 aliphatic rings. The Bertz CT molecular complexity index is 1140. The monoisotopic (exact) mass is 458 g/mol. The molecule has 0 spiro atoms. The number of carbonyl (C=O) groups is 1. The molecule has 1 heterocycles. The van der Waals surface area contributed by atoms with E-state index in [1.54, 1.807) is 31.4 Å². The fourth-order valence-electron chi connectivity index (χ4n) is 3.94. The van der Waals surface area contributed by atoms with Crippen LogP contribution in [-0.4, -0.2) is 35.1 Å². The van der Waals surface area contributed by atoms with Gasteiger partial charge in [0, 0.05) is 24.4 Å². The highest BCUT2D eigenvalue weighted by molar-refractivity contribution is 6.31. The van der Waals surface area contributed by atoms with Crippen LogP contribution >= 0.6 is 11.6 Å². The van der Waals surface area contributed by atoms with Gasteiger partial charge in [0.15, 0.2) is 17.3 Å². The molecule has 32 heavy (non-hydrogen) atoms. The fourth-order valence-corrected chi connectivity index (χ4v) is 4.11. The normalized spacial score (nSPS) is 18.2. The molecule has 3 aromatic rings. The molecule has 0 unspecified atom stereocenters. The van der Waals surface area contributed by atoms with Crippen molar-refractivity contribution < 1.29 is 18.7 Å². The molecule has 168 valence electrons. The van der Waals surface area contributed by atoms with Crippen LogP contribution in [-0.2, 0) is 4.79 Å². The first-order valence-electron chi connectivity index (χ1n) is 10.4. The summed E-state index contributed by atoms with van der Waals surface area (Å²) in [4.78, 5) is 19.9. The van der Waals surface area contributed by atoms with Gasteiger partial charge in [-0.25, -0.2) is 14.4 Å². The highest BCUT2D eigenvalue weighted by atomic mass is 35.5. The first-order valence-corrected chi connectivity index (χ1v) is 10.8. The maximum absolute atomic E-state index is 14.4. The predicted octanol–water partition coefficient (Wildman–Crippen LogP) is 5.00. The van der Waals surface area contributed by atoms with Crippen LogP contribution in [0.2, 0.25) is 5.02 Å². The number of halogens is 2. The molecule has 2 aromatic carbocycles. The zero-order valence-corrected chi connectivity index (χ0v) is 18.6. The molecule has 1 saturated carbocycles. The van der Waals surface area contributed by atoms with Gasteiger partial charge in [0.25, 0.3) is 0 Å². The van der Waals surface area contributed by atoms with Crippen LogP contribution in [0.1, 0.15) is 32.6 Å². The van der Waals surface area contributed by atoms with Crippen molar-refractivity contribution in [2.45, 2.75) is 44.8 Å². The van der Waals surface area contributed by atoms with Crippen molar-refractivity contribution in [3.63, 3.8) is 0 Å². The van der Waals surface area contributed by atoms with Crippen molar-refractivity contribution in [1.29, 1.82) is 0 Å². The van der Waals surface area contributed by atoms with Crippen LogP contribution in [0.3, 0.4) is 0 Å². The molecule has 4 rings (SSSR count). The van der Waals surface area contributed by atoms with E-state index in [2.05, 4.69) is 20.6 Å². The van der Waals surface area contributed by atoms with Gasteiger partial charge in [0.1, 0.15) is 12.1 Å². The largest absolute Gasteiger partial charge is 0.493 e. The van der Waals surface area contributed by atoms with Gasteiger partial charge in [-0.1, -0.05) is 17.7 Å². The minimum Gasteiger partial charge on any atom is -0.493 e. The van der Waals surface area contributed by atoms with E-state index < -0.39 is 5.82 Å². The van der Waals surface area contributed by atoms with E-state index in [0.717, 1.165) is 25.7 Å². The lowest BCUT2D eigenvalue weighted by Crippen LogP contribution is -2.38. The lowest BCUT2D eigenvalue weighted by atomic mass is 9.93. The van der Waals surface area contributed by atoms with Crippen molar-refractivity contribution in [2.75, 3.05) is 12.4 Å². The predicted molar refractivity (Wildman–Crippen MR) is 121 cm³/mol. The van der Waals surface area contributed by atoms with Gasteiger partial charge in [-0.15, -0.1) is 0 Å². The third-order valence-electron chi connectivity index (χ3n) is 5.50. The van der Waals surface area contributed by atoms with Crippen LogP contribution in [0.4, 0.5) is 15.9 Å². The Morgan fingerprint density at radius 1 is 1.16 bits per heavy atom. The number of benzene rings is 2. The highest BCUT2D eigenvalue weighted by Gasteiger charge is 2.24. The third kappa shape index (κ3) is 4.85. The fraction of sp³-hybridized carbons (Fsp3) is 0.348. The Hall–Kier alpha value is -3.13. The first-order chi connectivity index (χ1) is 15.4.